The largest absolute Gasteiger partial charge is 0.508 e. The van der Waals surface area contributed by atoms with Crippen molar-refractivity contribution >= 4 is 29.7 Å². The Morgan fingerprint density at radius 1 is 1.35 bits per heavy atom. The maximum Gasteiger partial charge on any atom is 0.508 e. The summed E-state index contributed by atoms with van der Waals surface area (Å²) in [5.41, 5.74) is 6.55. The number of carboxylic acids is 1. The number of benzene rings is 1. The Kier molecular flexibility index (Phi) is 6.28. The maximum atomic E-state index is 12.7. The van der Waals surface area contributed by atoms with Gasteiger partial charge in [-0.25, -0.2) is 14.4 Å². The van der Waals surface area contributed by atoms with E-state index < -0.39 is 42.2 Å². The van der Waals surface area contributed by atoms with E-state index in [4.69, 9.17) is 19.9 Å². The van der Waals surface area contributed by atoms with Crippen LogP contribution in [0.15, 0.2) is 42.6 Å². The number of primary amides is 1. The van der Waals surface area contributed by atoms with Crippen LogP contribution in [-0.2, 0) is 30.4 Å². The zero-order chi connectivity index (χ0) is 22.7. The average Bonchev–Trinajstić information content (AvgIpc) is 3.06. The topological polar surface area (TPSA) is 145 Å². The third-order valence-electron chi connectivity index (χ3n) is 5.17. The Morgan fingerprint density at radius 2 is 2.10 bits per heavy atom. The molecule has 0 spiro atoms. The van der Waals surface area contributed by atoms with Gasteiger partial charge in [-0.2, -0.15) is 0 Å². The molecule has 31 heavy (non-hydrogen) atoms. The summed E-state index contributed by atoms with van der Waals surface area (Å²) in [5.74, 6) is -2.36. The Balaban J connectivity index is 1.80. The molecular formula is C21H22N2O8. The fraction of sp³-hybridized carbons (Fsp3) is 0.333. The van der Waals surface area contributed by atoms with Gasteiger partial charge in [-0.1, -0.05) is 30.9 Å². The summed E-state index contributed by atoms with van der Waals surface area (Å²) in [6.07, 6.45) is -0.985. The van der Waals surface area contributed by atoms with Gasteiger partial charge in [-0.15, -0.1) is 0 Å². The van der Waals surface area contributed by atoms with Crippen molar-refractivity contribution in [1.82, 2.24) is 4.90 Å². The van der Waals surface area contributed by atoms with E-state index in [1.54, 1.807) is 31.2 Å². The number of ether oxygens (including phenoxy) is 3. The molecule has 0 saturated carbocycles. The van der Waals surface area contributed by atoms with Gasteiger partial charge in [0.05, 0.1) is 12.0 Å². The predicted molar refractivity (Wildman–Crippen MR) is 106 cm³/mol. The van der Waals surface area contributed by atoms with Crippen LogP contribution in [0.5, 0.6) is 0 Å². The molecule has 3 rings (SSSR count). The smallest absolute Gasteiger partial charge is 0.477 e. The number of amides is 2. The number of carbonyl (C=O) groups excluding carboxylic acids is 3. The Bertz CT molecular complexity index is 970. The molecule has 0 unspecified atom stereocenters. The molecule has 1 saturated heterocycles. The fourth-order valence-corrected chi connectivity index (χ4v) is 3.90. The van der Waals surface area contributed by atoms with Crippen LogP contribution < -0.4 is 5.73 Å². The van der Waals surface area contributed by atoms with Crippen LogP contribution in [0.3, 0.4) is 0 Å². The van der Waals surface area contributed by atoms with E-state index in [1.807, 2.05) is 0 Å². The molecule has 2 amide bonds. The molecule has 164 valence electrons. The first kappa shape index (κ1) is 21.9. The molecule has 3 atom stereocenters. The summed E-state index contributed by atoms with van der Waals surface area (Å²) in [7, 11) is 0. The number of hydrogen-bond donors (Lipinski definition) is 2. The van der Waals surface area contributed by atoms with Crippen LogP contribution >= 0.6 is 0 Å². The summed E-state index contributed by atoms with van der Waals surface area (Å²) in [6.45, 7) is 4.91. The molecule has 2 aliphatic heterocycles. The van der Waals surface area contributed by atoms with Crippen LogP contribution in [0.2, 0.25) is 0 Å². The number of fused-ring (bicyclic) bond motifs is 1. The van der Waals surface area contributed by atoms with E-state index in [0.717, 1.165) is 0 Å². The highest BCUT2D eigenvalue weighted by atomic mass is 16.7. The van der Waals surface area contributed by atoms with E-state index in [0.29, 0.717) is 16.7 Å². The lowest BCUT2D eigenvalue weighted by Crippen LogP contribution is -2.62. The molecule has 0 bridgehead atoms. The highest BCUT2D eigenvalue weighted by Crippen LogP contribution is 2.47. The summed E-state index contributed by atoms with van der Waals surface area (Å²) in [4.78, 5) is 48.4. The summed E-state index contributed by atoms with van der Waals surface area (Å²) >= 11 is 0. The molecular weight excluding hydrogens is 408 g/mol. The van der Waals surface area contributed by atoms with Gasteiger partial charge in [0.15, 0.2) is 0 Å². The zero-order valence-corrected chi connectivity index (χ0v) is 16.8. The lowest BCUT2D eigenvalue weighted by molar-refractivity contribution is -0.162. The van der Waals surface area contributed by atoms with Crippen molar-refractivity contribution in [3.05, 3.63) is 53.7 Å². The third-order valence-corrected chi connectivity index (χ3v) is 5.17. The standard InChI is InChI=1S/C21H22N2O8/c1-3-7-29-21(28)31-11(2)16-15-9-14(17(19(25)26)23(15)18(16)24)13-6-4-5-12(8-13)10-30-20(22)27/h3-6,8,11,15-16H,1,7,9-10H2,2H3,(H2,22,27)(H,25,26)/t11-,15-,16-/m1/s1. The SMILES string of the molecule is C=CCOC(=O)O[C@H](C)[C@H]1C(=O)N2C(C(=O)O)=C(c3cccc(COC(N)=O)c3)C[C@H]12. The summed E-state index contributed by atoms with van der Waals surface area (Å²) in [5, 5.41) is 9.75. The zero-order valence-electron chi connectivity index (χ0n) is 16.8. The monoisotopic (exact) mass is 430 g/mol. The second-order valence-electron chi connectivity index (χ2n) is 7.12. The second-order valence-corrected chi connectivity index (χ2v) is 7.12. The number of aliphatic carboxylic acids is 1. The van der Waals surface area contributed by atoms with Gasteiger partial charge < -0.3 is 30.0 Å². The van der Waals surface area contributed by atoms with Crippen molar-refractivity contribution in [2.45, 2.75) is 32.1 Å². The van der Waals surface area contributed by atoms with Gasteiger partial charge in [0.1, 0.15) is 25.0 Å². The quantitative estimate of drug-likeness (QED) is 0.362. The van der Waals surface area contributed by atoms with Crippen LogP contribution in [0, 0.1) is 5.92 Å². The third kappa shape index (κ3) is 4.37. The normalized spacial score (nSPS) is 20.4. The molecule has 2 heterocycles. The van der Waals surface area contributed by atoms with Gasteiger partial charge >= 0.3 is 18.2 Å². The Morgan fingerprint density at radius 3 is 2.74 bits per heavy atom. The number of β-lactam (4-membered cyclic amide) rings is 1. The highest BCUT2D eigenvalue weighted by Gasteiger charge is 2.58. The van der Waals surface area contributed by atoms with E-state index >= 15 is 0 Å². The van der Waals surface area contributed by atoms with Crippen LogP contribution in [0.25, 0.3) is 5.57 Å². The molecule has 1 aromatic carbocycles. The van der Waals surface area contributed by atoms with Gasteiger partial charge in [0, 0.05) is 0 Å². The molecule has 2 aliphatic rings. The molecule has 10 heteroatoms. The molecule has 10 nitrogen and oxygen atoms in total. The van der Waals surface area contributed by atoms with Gasteiger partial charge in [0.25, 0.3) is 0 Å². The van der Waals surface area contributed by atoms with Gasteiger partial charge in [0.2, 0.25) is 5.91 Å². The van der Waals surface area contributed by atoms with Crippen molar-refractivity contribution in [3.63, 3.8) is 0 Å². The number of nitrogens with two attached hydrogens (primary N) is 1. The van der Waals surface area contributed by atoms with E-state index in [1.165, 1.54) is 11.0 Å². The first-order valence-corrected chi connectivity index (χ1v) is 9.50. The first-order chi connectivity index (χ1) is 14.7. The van der Waals surface area contributed by atoms with Crippen molar-refractivity contribution < 1.29 is 38.5 Å². The van der Waals surface area contributed by atoms with Crippen molar-refractivity contribution in [3.8, 4) is 0 Å². The van der Waals surface area contributed by atoms with Gasteiger partial charge in [-0.3, -0.25) is 4.79 Å². The Labute approximate surface area is 177 Å². The predicted octanol–water partition coefficient (Wildman–Crippen LogP) is 2.04. The minimum Gasteiger partial charge on any atom is -0.477 e. The first-order valence-electron chi connectivity index (χ1n) is 9.50. The fourth-order valence-electron chi connectivity index (χ4n) is 3.90. The van der Waals surface area contributed by atoms with E-state index in [-0.39, 0.29) is 25.3 Å². The lowest BCUT2D eigenvalue weighted by atomic mass is 9.82. The number of nitrogens with zero attached hydrogens (tertiary/aromatic N) is 1. The average molecular weight is 430 g/mol. The van der Waals surface area contributed by atoms with Crippen LogP contribution in [0.1, 0.15) is 24.5 Å². The maximum absolute atomic E-state index is 12.7. The molecule has 3 N–H and O–H groups in total. The van der Waals surface area contributed by atoms with Crippen molar-refractivity contribution in [2.75, 3.05) is 6.61 Å². The number of carboxylic acid groups (broad SMARTS) is 1. The number of rotatable bonds is 8. The number of carbonyl (C=O) groups is 4. The molecule has 0 aliphatic carbocycles. The Hall–Kier alpha value is -3.82. The van der Waals surface area contributed by atoms with E-state index in [2.05, 4.69) is 6.58 Å². The minimum atomic E-state index is -1.23. The summed E-state index contributed by atoms with van der Waals surface area (Å²) in [6, 6.07) is 6.33. The number of hydrogen-bond acceptors (Lipinski definition) is 7. The molecule has 1 aromatic rings. The van der Waals surface area contributed by atoms with Crippen molar-refractivity contribution in [1.29, 1.82) is 0 Å². The van der Waals surface area contributed by atoms with Crippen molar-refractivity contribution in [2.24, 2.45) is 11.7 Å². The minimum absolute atomic E-state index is 0.0234. The van der Waals surface area contributed by atoms with Crippen LogP contribution in [-0.4, -0.2) is 52.9 Å². The summed E-state index contributed by atoms with van der Waals surface area (Å²) < 4.78 is 14.7. The van der Waals surface area contributed by atoms with E-state index in [9.17, 15) is 24.3 Å². The second kappa shape index (κ2) is 8.90. The van der Waals surface area contributed by atoms with Crippen LogP contribution in [0.4, 0.5) is 9.59 Å². The van der Waals surface area contributed by atoms with Gasteiger partial charge in [-0.05, 0) is 36.1 Å². The molecule has 0 radical (unpaired) electrons. The highest BCUT2D eigenvalue weighted by molar-refractivity contribution is 6.06. The lowest BCUT2D eigenvalue weighted by Gasteiger charge is -2.45. The molecule has 1 fully saturated rings. The molecule has 0 aromatic heterocycles.